The summed E-state index contributed by atoms with van der Waals surface area (Å²) in [7, 11) is 4.07. The third-order valence-electron chi connectivity index (χ3n) is 4.06. The standard InChI is InChI=1S/C20H23N3O.ClH/c1-22(2)15-7-14-21-20(24)23-18-10-5-3-8-16(18)12-13-17-9-4-6-11-19(17)23;/h3-6,8-13H,7,14-15H2,1-2H3,(H,21,24);1H. The van der Waals surface area contributed by atoms with Gasteiger partial charge in [0.2, 0.25) is 0 Å². The van der Waals surface area contributed by atoms with E-state index < -0.39 is 0 Å². The Balaban J connectivity index is 0.00000225. The third-order valence-corrected chi connectivity index (χ3v) is 4.06. The van der Waals surface area contributed by atoms with Crippen molar-refractivity contribution in [2.24, 2.45) is 0 Å². The highest BCUT2D eigenvalue weighted by Crippen LogP contribution is 2.36. The number of halogens is 1. The van der Waals surface area contributed by atoms with Crippen LogP contribution in [0.2, 0.25) is 0 Å². The van der Waals surface area contributed by atoms with Crippen LogP contribution in [0.25, 0.3) is 12.2 Å². The molecular weight excluding hydrogens is 334 g/mol. The highest BCUT2D eigenvalue weighted by atomic mass is 35.5. The van der Waals surface area contributed by atoms with Gasteiger partial charge >= 0.3 is 6.03 Å². The largest absolute Gasteiger partial charge is 0.337 e. The molecule has 0 atom stereocenters. The molecule has 5 heteroatoms. The lowest BCUT2D eigenvalue weighted by Gasteiger charge is -2.25. The first-order valence-electron chi connectivity index (χ1n) is 8.25. The van der Waals surface area contributed by atoms with Gasteiger partial charge in [-0.2, -0.15) is 0 Å². The van der Waals surface area contributed by atoms with E-state index in [9.17, 15) is 4.79 Å². The number of amides is 2. The summed E-state index contributed by atoms with van der Waals surface area (Å²) < 4.78 is 0. The molecule has 0 unspecified atom stereocenters. The van der Waals surface area contributed by atoms with E-state index in [2.05, 4.69) is 22.4 Å². The monoisotopic (exact) mass is 357 g/mol. The van der Waals surface area contributed by atoms with Crippen molar-refractivity contribution in [3.8, 4) is 0 Å². The van der Waals surface area contributed by atoms with E-state index in [0.717, 1.165) is 35.5 Å². The predicted octanol–water partition coefficient (Wildman–Crippen LogP) is 4.39. The van der Waals surface area contributed by atoms with Crippen LogP contribution in [-0.2, 0) is 0 Å². The quantitative estimate of drug-likeness (QED) is 0.823. The van der Waals surface area contributed by atoms with Crippen molar-refractivity contribution in [1.29, 1.82) is 0 Å². The van der Waals surface area contributed by atoms with Crippen LogP contribution in [0.3, 0.4) is 0 Å². The van der Waals surface area contributed by atoms with Gasteiger partial charge in [-0.3, -0.25) is 4.90 Å². The zero-order chi connectivity index (χ0) is 16.9. The number of para-hydroxylation sites is 2. The number of rotatable bonds is 4. The van der Waals surface area contributed by atoms with E-state index in [0.29, 0.717) is 6.54 Å². The van der Waals surface area contributed by atoms with Crippen LogP contribution < -0.4 is 10.2 Å². The molecule has 0 saturated heterocycles. The second-order valence-corrected chi connectivity index (χ2v) is 6.18. The number of fused-ring (bicyclic) bond motifs is 2. The topological polar surface area (TPSA) is 35.6 Å². The van der Waals surface area contributed by atoms with Crippen molar-refractivity contribution >= 4 is 42.0 Å². The molecule has 4 nitrogen and oxygen atoms in total. The van der Waals surface area contributed by atoms with Crippen LogP contribution in [0.5, 0.6) is 0 Å². The van der Waals surface area contributed by atoms with Gasteiger partial charge in [-0.25, -0.2) is 4.79 Å². The number of urea groups is 1. The number of nitrogens with zero attached hydrogens (tertiary/aromatic N) is 2. The smallest absolute Gasteiger partial charge is 0.326 e. The maximum atomic E-state index is 12.9. The van der Waals surface area contributed by atoms with Gasteiger partial charge < -0.3 is 10.2 Å². The molecule has 0 aromatic heterocycles. The summed E-state index contributed by atoms with van der Waals surface area (Å²) in [5.74, 6) is 0. The number of benzene rings is 2. The van der Waals surface area contributed by atoms with Crippen molar-refractivity contribution < 1.29 is 4.79 Å². The van der Waals surface area contributed by atoms with Crippen molar-refractivity contribution in [3.05, 3.63) is 59.7 Å². The Morgan fingerprint density at radius 2 is 1.48 bits per heavy atom. The van der Waals surface area contributed by atoms with Crippen molar-refractivity contribution in [2.75, 3.05) is 32.1 Å². The van der Waals surface area contributed by atoms with Crippen LogP contribution in [0.15, 0.2) is 48.5 Å². The van der Waals surface area contributed by atoms with Crippen LogP contribution in [0.1, 0.15) is 17.5 Å². The van der Waals surface area contributed by atoms with E-state index in [-0.39, 0.29) is 18.4 Å². The predicted molar refractivity (Wildman–Crippen MR) is 108 cm³/mol. The van der Waals surface area contributed by atoms with Gasteiger partial charge in [-0.15, -0.1) is 12.4 Å². The Morgan fingerprint density at radius 3 is 2.00 bits per heavy atom. The maximum Gasteiger partial charge on any atom is 0.326 e. The van der Waals surface area contributed by atoms with E-state index in [4.69, 9.17) is 0 Å². The normalized spacial score (nSPS) is 12.0. The summed E-state index contributed by atoms with van der Waals surface area (Å²) in [6, 6.07) is 15.9. The third kappa shape index (κ3) is 4.41. The first kappa shape index (κ1) is 19.0. The lowest BCUT2D eigenvalue weighted by molar-refractivity contribution is 0.248. The molecule has 3 rings (SSSR count). The summed E-state index contributed by atoms with van der Waals surface area (Å²) in [5, 5.41) is 3.05. The van der Waals surface area contributed by atoms with Crippen LogP contribution in [-0.4, -0.2) is 38.1 Å². The Labute approximate surface area is 155 Å². The molecule has 0 fully saturated rings. The molecule has 0 bridgehead atoms. The van der Waals surface area contributed by atoms with Gasteiger partial charge in [-0.05, 0) is 50.3 Å². The molecule has 1 heterocycles. The minimum Gasteiger partial charge on any atom is -0.337 e. The Kier molecular flexibility index (Phi) is 6.62. The van der Waals surface area contributed by atoms with E-state index in [1.54, 1.807) is 4.90 Å². The second-order valence-electron chi connectivity index (χ2n) is 6.18. The molecule has 0 spiro atoms. The molecule has 2 amide bonds. The minimum atomic E-state index is -0.0858. The fourth-order valence-electron chi connectivity index (χ4n) is 2.86. The number of hydrogen-bond donors (Lipinski definition) is 1. The average Bonchev–Trinajstić information content (AvgIpc) is 2.75. The number of nitrogens with one attached hydrogen (secondary N) is 1. The SMILES string of the molecule is CN(C)CCCNC(=O)N1c2ccccc2C=Cc2ccccc21.Cl. The first-order chi connectivity index (χ1) is 11.7. The molecule has 1 aliphatic heterocycles. The number of carbonyl (C=O) groups is 1. The lowest BCUT2D eigenvalue weighted by atomic mass is 10.1. The zero-order valence-corrected chi connectivity index (χ0v) is 15.4. The molecule has 25 heavy (non-hydrogen) atoms. The van der Waals surface area contributed by atoms with E-state index >= 15 is 0 Å². The molecule has 2 aromatic carbocycles. The summed E-state index contributed by atoms with van der Waals surface area (Å²) in [6.45, 7) is 1.61. The number of anilines is 2. The summed E-state index contributed by atoms with van der Waals surface area (Å²) in [6.07, 6.45) is 5.05. The highest BCUT2D eigenvalue weighted by molar-refractivity contribution is 6.05. The van der Waals surface area contributed by atoms with Gasteiger partial charge in [0.25, 0.3) is 0 Å². The lowest BCUT2D eigenvalue weighted by Crippen LogP contribution is -2.38. The van der Waals surface area contributed by atoms with E-state index in [1.165, 1.54) is 0 Å². The molecular formula is C20H24ClN3O. The summed E-state index contributed by atoms with van der Waals surface area (Å²) in [4.78, 5) is 16.8. The first-order valence-corrected chi connectivity index (χ1v) is 8.25. The maximum absolute atomic E-state index is 12.9. The molecule has 0 aliphatic carbocycles. The van der Waals surface area contributed by atoms with Crippen molar-refractivity contribution in [2.45, 2.75) is 6.42 Å². The molecule has 1 N–H and O–H groups in total. The van der Waals surface area contributed by atoms with Gasteiger partial charge in [0.05, 0.1) is 11.4 Å². The van der Waals surface area contributed by atoms with Crippen LogP contribution in [0, 0.1) is 0 Å². The fourth-order valence-corrected chi connectivity index (χ4v) is 2.86. The number of carbonyl (C=O) groups excluding carboxylic acids is 1. The van der Waals surface area contributed by atoms with Crippen LogP contribution >= 0.6 is 12.4 Å². The Hall–Kier alpha value is -2.30. The second kappa shape index (κ2) is 8.70. The number of hydrogen-bond acceptors (Lipinski definition) is 2. The Bertz CT molecular complexity index is 709. The van der Waals surface area contributed by atoms with Gasteiger partial charge in [0.1, 0.15) is 0 Å². The van der Waals surface area contributed by atoms with Crippen molar-refractivity contribution in [3.63, 3.8) is 0 Å². The molecule has 0 radical (unpaired) electrons. The Morgan fingerprint density at radius 1 is 0.960 bits per heavy atom. The fraction of sp³-hybridized carbons (Fsp3) is 0.250. The zero-order valence-electron chi connectivity index (χ0n) is 14.6. The highest BCUT2D eigenvalue weighted by Gasteiger charge is 2.23. The van der Waals surface area contributed by atoms with Gasteiger partial charge in [0.15, 0.2) is 0 Å². The summed E-state index contributed by atoms with van der Waals surface area (Å²) in [5.41, 5.74) is 3.89. The molecule has 132 valence electrons. The average molecular weight is 358 g/mol. The van der Waals surface area contributed by atoms with Gasteiger partial charge in [-0.1, -0.05) is 48.6 Å². The minimum absolute atomic E-state index is 0. The van der Waals surface area contributed by atoms with E-state index in [1.807, 2.05) is 62.6 Å². The summed E-state index contributed by atoms with van der Waals surface area (Å²) >= 11 is 0. The van der Waals surface area contributed by atoms with Crippen LogP contribution in [0.4, 0.5) is 16.2 Å². The molecule has 2 aromatic rings. The molecule has 0 saturated carbocycles. The van der Waals surface area contributed by atoms with Crippen molar-refractivity contribution in [1.82, 2.24) is 10.2 Å². The van der Waals surface area contributed by atoms with Gasteiger partial charge in [0, 0.05) is 6.54 Å². The molecule has 1 aliphatic rings.